The van der Waals surface area contributed by atoms with Gasteiger partial charge in [0.1, 0.15) is 5.82 Å². The van der Waals surface area contributed by atoms with Crippen LogP contribution in [0.5, 0.6) is 0 Å². The number of carbonyl (C=O) groups is 1. The van der Waals surface area contributed by atoms with Gasteiger partial charge in [0.25, 0.3) is 5.91 Å². The first-order valence-electron chi connectivity index (χ1n) is 9.13. The van der Waals surface area contributed by atoms with Gasteiger partial charge in [-0.1, -0.05) is 26.0 Å². The van der Waals surface area contributed by atoms with Crippen molar-refractivity contribution in [2.75, 3.05) is 13.2 Å². The van der Waals surface area contributed by atoms with Gasteiger partial charge < -0.3 is 19.9 Å². The highest BCUT2D eigenvalue weighted by Gasteiger charge is 2.29. The molecule has 1 amide bonds. The van der Waals surface area contributed by atoms with Crippen molar-refractivity contribution in [2.45, 2.75) is 45.9 Å². The first kappa shape index (κ1) is 20.4. The Morgan fingerprint density at radius 2 is 2.08 bits per heavy atom. The fourth-order valence-corrected chi connectivity index (χ4v) is 2.71. The van der Waals surface area contributed by atoms with E-state index in [-0.39, 0.29) is 30.0 Å². The van der Waals surface area contributed by atoms with Gasteiger partial charge in [0, 0.05) is 19.6 Å². The Kier molecular flexibility index (Phi) is 8.06. The Morgan fingerprint density at radius 3 is 2.73 bits per heavy atom. The van der Waals surface area contributed by atoms with E-state index in [1.165, 1.54) is 12.1 Å². The number of allylic oxidation sites excluding steroid dienone is 1. The second-order valence-electron chi connectivity index (χ2n) is 6.83. The second kappa shape index (κ2) is 10.3. The third-order valence-electron chi connectivity index (χ3n) is 4.39. The molecule has 144 valence electrons. The van der Waals surface area contributed by atoms with Crippen LogP contribution in [-0.2, 0) is 20.8 Å². The summed E-state index contributed by atoms with van der Waals surface area (Å²) in [5.74, 6) is 0.215. The highest BCUT2D eigenvalue weighted by atomic mass is 19.1. The van der Waals surface area contributed by atoms with E-state index in [1.54, 1.807) is 12.1 Å². The maximum absolute atomic E-state index is 12.9. The fourth-order valence-electron chi connectivity index (χ4n) is 2.71. The van der Waals surface area contributed by atoms with Crippen molar-refractivity contribution in [1.82, 2.24) is 5.32 Å². The summed E-state index contributed by atoms with van der Waals surface area (Å²) in [6.45, 7) is 5.13. The normalized spacial score (nSPS) is 19.8. The Balaban J connectivity index is 1.92. The number of aliphatic hydroxyl groups is 1. The SMILES string of the molecule is CC(C)[C@H]1C=C(C(=O)NCc2ccc(F)cc2)O[C@@H](OCCCCO)C1. The quantitative estimate of drug-likeness (QED) is 0.660. The molecule has 0 fully saturated rings. The van der Waals surface area contributed by atoms with Gasteiger partial charge in [-0.3, -0.25) is 4.79 Å². The molecule has 2 atom stereocenters. The molecule has 0 radical (unpaired) electrons. The third-order valence-corrected chi connectivity index (χ3v) is 4.39. The molecule has 0 unspecified atom stereocenters. The summed E-state index contributed by atoms with van der Waals surface area (Å²) in [5.41, 5.74) is 0.813. The van der Waals surface area contributed by atoms with E-state index in [0.717, 1.165) is 12.0 Å². The average molecular weight is 365 g/mol. The minimum atomic E-state index is -0.460. The molecule has 6 heteroatoms. The van der Waals surface area contributed by atoms with Gasteiger partial charge in [-0.05, 0) is 48.4 Å². The van der Waals surface area contributed by atoms with Crippen LogP contribution in [0.2, 0.25) is 0 Å². The summed E-state index contributed by atoms with van der Waals surface area (Å²) in [6.07, 6.45) is 3.53. The summed E-state index contributed by atoms with van der Waals surface area (Å²) in [6, 6.07) is 6.00. The number of aliphatic hydroxyl groups excluding tert-OH is 1. The molecule has 1 aliphatic rings. The lowest BCUT2D eigenvalue weighted by molar-refractivity contribution is -0.150. The second-order valence-corrected chi connectivity index (χ2v) is 6.83. The molecule has 1 aliphatic heterocycles. The van der Waals surface area contributed by atoms with Crippen molar-refractivity contribution in [3.8, 4) is 0 Å². The third kappa shape index (κ3) is 6.42. The van der Waals surface area contributed by atoms with Crippen LogP contribution in [0.3, 0.4) is 0 Å². The molecule has 2 rings (SSSR count). The molecule has 5 nitrogen and oxygen atoms in total. The van der Waals surface area contributed by atoms with Crippen LogP contribution in [0.25, 0.3) is 0 Å². The Labute approximate surface area is 154 Å². The molecule has 0 bridgehead atoms. The number of rotatable bonds is 9. The molecule has 0 aromatic heterocycles. The van der Waals surface area contributed by atoms with E-state index < -0.39 is 6.29 Å². The lowest BCUT2D eigenvalue weighted by atomic mass is 9.90. The summed E-state index contributed by atoms with van der Waals surface area (Å²) in [4.78, 5) is 12.5. The van der Waals surface area contributed by atoms with Crippen LogP contribution in [-0.4, -0.2) is 30.5 Å². The number of carbonyl (C=O) groups excluding carboxylic acids is 1. The molecule has 2 N–H and O–H groups in total. The zero-order valence-corrected chi connectivity index (χ0v) is 15.4. The molecule has 1 aromatic carbocycles. The molecule has 1 heterocycles. The zero-order valence-electron chi connectivity index (χ0n) is 15.4. The Morgan fingerprint density at radius 1 is 1.35 bits per heavy atom. The van der Waals surface area contributed by atoms with E-state index in [9.17, 15) is 9.18 Å². The van der Waals surface area contributed by atoms with Crippen molar-refractivity contribution < 1.29 is 23.8 Å². The monoisotopic (exact) mass is 365 g/mol. The van der Waals surface area contributed by atoms with Crippen LogP contribution in [0.4, 0.5) is 4.39 Å². The number of halogens is 1. The lowest BCUT2D eigenvalue weighted by Crippen LogP contribution is -2.34. The van der Waals surface area contributed by atoms with Gasteiger partial charge >= 0.3 is 0 Å². The van der Waals surface area contributed by atoms with Crippen LogP contribution in [0, 0.1) is 17.7 Å². The topological polar surface area (TPSA) is 67.8 Å². The van der Waals surface area contributed by atoms with Crippen molar-refractivity contribution in [3.05, 3.63) is 47.5 Å². The van der Waals surface area contributed by atoms with Gasteiger partial charge in [-0.15, -0.1) is 0 Å². The summed E-state index contributed by atoms with van der Waals surface area (Å²) < 4.78 is 24.4. The van der Waals surface area contributed by atoms with Crippen molar-refractivity contribution in [3.63, 3.8) is 0 Å². The minimum Gasteiger partial charge on any atom is -0.459 e. The molecular weight excluding hydrogens is 337 g/mol. The van der Waals surface area contributed by atoms with Crippen molar-refractivity contribution >= 4 is 5.91 Å². The van der Waals surface area contributed by atoms with Gasteiger partial charge in [0.15, 0.2) is 5.76 Å². The number of ether oxygens (including phenoxy) is 2. The average Bonchev–Trinajstić information content (AvgIpc) is 2.64. The number of benzene rings is 1. The summed E-state index contributed by atoms with van der Waals surface area (Å²) in [5, 5.41) is 11.6. The van der Waals surface area contributed by atoms with E-state index in [0.29, 0.717) is 31.9 Å². The van der Waals surface area contributed by atoms with Gasteiger partial charge in [0.05, 0.1) is 6.61 Å². The van der Waals surface area contributed by atoms with Crippen molar-refractivity contribution in [2.24, 2.45) is 11.8 Å². The first-order chi connectivity index (χ1) is 12.5. The highest BCUT2D eigenvalue weighted by molar-refractivity contribution is 5.91. The minimum absolute atomic E-state index is 0.139. The van der Waals surface area contributed by atoms with Gasteiger partial charge in [-0.2, -0.15) is 0 Å². The molecule has 1 aromatic rings. The Hall–Kier alpha value is -1.92. The van der Waals surface area contributed by atoms with Crippen molar-refractivity contribution in [1.29, 1.82) is 0 Å². The standard InChI is InChI=1S/C20H28FNO4/c1-14(2)16-11-18(26-19(12-16)25-10-4-3-9-23)20(24)22-13-15-5-7-17(21)8-6-15/h5-8,11,14,16,19,23H,3-4,9-10,12-13H2,1-2H3,(H,22,24)/t16-,19+/m0/s1. The number of nitrogens with one attached hydrogen (secondary N) is 1. The largest absolute Gasteiger partial charge is 0.459 e. The fraction of sp³-hybridized carbons (Fsp3) is 0.550. The molecule has 0 saturated heterocycles. The summed E-state index contributed by atoms with van der Waals surface area (Å²) in [7, 11) is 0. The van der Waals surface area contributed by atoms with E-state index in [4.69, 9.17) is 14.6 Å². The lowest BCUT2D eigenvalue weighted by Gasteiger charge is -2.30. The van der Waals surface area contributed by atoms with E-state index in [2.05, 4.69) is 19.2 Å². The van der Waals surface area contributed by atoms with Crippen LogP contribution < -0.4 is 5.32 Å². The smallest absolute Gasteiger partial charge is 0.286 e. The van der Waals surface area contributed by atoms with E-state index in [1.807, 2.05) is 6.08 Å². The maximum atomic E-state index is 12.9. The number of unbranched alkanes of at least 4 members (excludes halogenated alkanes) is 1. The molecule has 0 spiro atoms. The molecular formula is C20H28FNO4. The predicted octanol–water partition coefficient (Wildman–Crippen LogP) is 3.13. The predicted molar refractivity (Wildman–Crippen MR) is 96.4 cm³/mol. The van der Waals surface area contributed by atoms with Gasteiger partial charge in [-0.25, -0.2) is 4.39 Å². The van der Waals surface area contributed by atoms with Crippen LogP contribution in [0.15, 0.2) is 36.1 Å². The molecule has 26 heavy (non-hydrogen) atoms. The van der Waals surface area contributed by atoms with Crippen LogP contribution in [0.1, 0.15) is 38.7 Å². The Bertz CT molecular complexity index is 600. The molecule has 0 saturated carbocycles. The number of hydrogen-bond acceptors (Lipinski definition) is 4. The highest BCUT2D eigenvalue weighted by Crippen LogP contribution is 2.28. The first-order valence-corrected chi connectivity index (χ1v) is 9.13. The number of hydrogen-bond donors (Lipinski definition) is 2. The van der Waals surface area contributed by atoms with Gasteiger partial charge in [0.2, 0.25) is 6.29 Å². The maximum Gasteiger partial charge on any atom is 0.286 e. The van der Waals surface area contributed by atoms with E-state index >= 15 is 0 Å². The number of amides is 1. The zero-order chi connectivity index (χ0) is 18.9. The van der Waals surface area contributed by atoms with Crippen LogP contribution >= 0.6 is 0 Å². The molecule has 0 aliphatic carbocycles. The summed E-state index contributed by atoms with van der Waals surface area (Å²) >= 11 is 0.